The Morgan fingerprint density at radius 1 is 0.962 bits per heavy atom. The summed E-state index contributed by atoms with van der Waals surface area (Å²) in [6.45, 7) is 0. The number of hydrogen-bond acceptors (Lipinski definition) is 4. The Hall–Kier alpha value is -2.79. The number of hydrogen-bond donors (Lipinski definition) is 1. The smallest absolute Gasteiger partial charge is 0.225 e. The molecule has 1 amide bonds. The van der Waals surface area contributed by atoms with Crippen LogP contribution >= 0.6 is 11.8 Å². The molecule has 0 fully saturated rings. The van der Waals surface area contributed by atoms with Crippen LogP contribution in [0.3, 0.4) is 0 Å². The van der Waals surface area contributed by atoms with E-state index in [-0.39, 0.29) is 5.91 Å². The maximum Gasteiger partial charge on any atom is 0.225 e. The molecule has 132 valence electrons. The first-order valence-corrected chi connectivity index (χ1v) is 9.56. The number of anilines is 1. The summed E-state index contributed by atoms with van der Waals surface area (Å²) in [4.78, 5) is 16.5. The molecular formula is C21H20N2O2S. The van der Waals surface area contributed by atoms with E-state index in [1.54, 1.807) is 18.0 Å². The number of rotatable bonds is 8. The van der Waals surface area contributed by atoms with Gasteiger partial charge in [-0.05, 0) is 36.4 Å². The van der Waals surface area contributed by atoms with E-state index in [1.807, 2.05) is 72.8 Å². The molecule has 0 atom stereocenters. The lowest BCUT2D eigenvalue weighted by Crippen LogP contribution is -2.12. The Kier molecular flexibility index (Phi) is 6.67. The Bertz CT molecular complexity index is 826. The van der Waals surface area contributed by atoms with Crippen molar-refractivity contribution in [3.05, 3.63) is 84.7 Å². The number of amides is 1. The fraction of sp³-hybridized carbons (Fsp3) is 0.143. The van der Waals surface area contributed by atoms with E-state index >= 15 is 0 Å². The first-order chi connectivity index (χ1) is 12.8. The molecule has 0 saturated carbocycles. The number of carbonyl (C=O) groups excluding carboxylic acids is 1. The van der Waals surface area contributed by atoms with Gasteiger partial charge in [0.1, 0.15) is 5.75 Å². The topological polar surface area (TPSA) is 51.2 Å². The molecule has 26 heavy (non-hydrogen) atoms. The Morgan fingerprint density at radius 2 is 1.73 bits per heavy atom. The van der Waals surface area contributed by atoms with Crippen molar-refractivity contribution in [2.75, 3.05) is 11.1 Å². The predicted molar refractivity (Wildman–Crippen MR) is 107 cm³/mol. The number of nitrogens with zero attached hydrogens (tertiary/aromatic N) is 1. The monoisotopic (exact) mass is 364 g/mol. The summed E-state index contributed by atoms with van der Waals surface area (Å²) in [5.74, 6) is 2.89. The summed E-state index contributed by atoms with van der Waals surface area (Å²) >= 11 is 1.70. The van der Waals surface area contributed by atoms with Crippen LogP contribution in [0.25, 0.3) is 0 Å². The highest BCUT2D eigenvalue weighted by molar-refractivity contribution is 7.98. The summed E-state index contributed by atoms with van der Waals surface area (Å²) in [6, 6.07) is 22.8. The van der Waals surface area contributed by atoms with Gasteiger partial charge in [0.2, 0.25) is 5.91 Å². The highest BCUT2D eigenvalue weighted by Crippen LogP contribution is 2.29. The molecule has 1 heterocycles. The average molecular weight is 364 g/mol. The largest absolute Gasteiger partial charge is 0.455 e. The number of nitrogens with one attached hydrogen (secondary N) is 1. The van der Waals surface area contributed by atoms with Gasteiger partial charge < -0.3 is 10.1 Å². The van der Waals surface area contributed by atoms with Crippen LogP contribution in [-0.4, -0.2) is 16.6 Å². The van der Waals surface area contributed by atoms with Gasteiger partial charge in [-0.1, -0.05) is 36.4 Å². The van der Waals surface area contributed by atoms with Crippen LogP contribution in [0.2, 0.25) is 0 Å². The molecule has 1 aromatic heterocycles. The standard InChI is InChI=1S/C21H20N2O2S/c24-21(13-15-26-16-17-8-6-7-14-22-17)23-19-11-4-5-12-20(19)25-18-9-2-1-3-10-18/h1-12,14H,13,15-16H2,(H,23,24). The predicted octanol–water partition coefficient (Wildman–Crippen LogP) is 5.14. The fourth-order valence-electron chi connectivity index (χ4n) is 2.31. The second-order valence-corrected chi connectivity index (χ2v) is 6.69. The van der Waals surface area contributed by atoms with Gasteiger partial charge in [0.15, 0.2) is 5.75 Å². The normalized spacial score (nSPS) is 10.3. The van der Waals surface area contributed by atoms with Crippen LogP contribution in [0.4, 0.5) is 5.69 Å². The maximum atomic E-state index is 12.2. The van der Waals surface area contributed by atoms with E-state index in [0.717, 1.165) is 22.9 Å². The van der Waals surface area contributed by atoms with Crippen molar-refractivity contribution in [2.24, 2.45) is 0 Å². The van der Waals surface area contributed by atoms with Crippen LogP contribution in [0.15, 0.2) is 79.0 Å². The zero-order chi connectivity index (χ0) is 18.0. The summed E-state index contributed by atoms with van der Waals surface area (Å²) < 4.78 is 5.87. The third-order valence-electron chi connectivity index (χ3n) is 3.58. The Morgan fingerprint density at radius 3 is 2.54 bits per heavy atom. The van der Waals surface area contributed by atoms with Crippen molar-refractivity contribution in [3.63, 3.8) is 0 Å². The first-order valence-electron chi connectivity index (χ1n) is 8.41. The zero-order valence-corrected chi connectivity index (χ0v) is 15.1. The number of ether oxygens (including phenoxy) is 1. The SMILES string of the molecule is O=C(CCSCc1ccccn1)Nc1ccccc1Oc1ccccc1. The fourth-order valence-corrected chi connectivity index (χ4v) is 3.17. The molecule has 3 aromatic rings. The van der Waals surface area contributed by atoms with Crippen molar-refractivity contribution in [2.45, 2.75) is 12.2 Å². The molecule has 0 bridgehead atoms. The summed E-state index contributed by atoms with van der Waals surface area (Å²) in [7, 11) is 0. The first kappa shape index (κ1) is 18.0. The highest BCUT2D eigenvalue weighted by atomic mass is 32.2. The molecule has 5 heteroatoms. The van der Waals surface area contributed by atoms with Gasteiger partial charge in [-0.3, -0.25) is 9.78 Å². The molecule has 0 aliphatic heterocycles. The lowest BCUT2D eigenvalue weighted by molar-refractivity contribution is -0.115. The van der Waals surface area contributed by atoms with E-state index < -0.39 is 0 Å². The second kappa shape index (κ2) is 9.63. The molecule has 0 saturated heterocycles. The third-order valence-corrected chi connectivity index (χ3v) is 4.57. The summed E-state index contributed by atoms with van der Waals surface area (Å²) in [5.41, 5.74) is 1.70. The Balaban J connectivity index is 1.49. The lowest BCUT2D eigenvalue weighted by atomic mass is 10.2. The van der Waals surface area contributed by atoms with Gasteiger partial charge in [0.25, 0.3) is 0 Å². The van der Waals surface area contributed by atoms with Gasteiger partial charge in [-0.15, -0.1) is 0 Å². The van der Waals surface area contributed by atoms with Crippen LogP contribution in [0.5, 0.6) is 11.5 Å². The molecular weight excluding hydrogens is 344 g/mol. The average Bonchev–Trinajstić information content (AvgIpc) is 2.68. The van der Waals surface area contributed by atoms with Gasteiger partial charge in [0.05, 0.1) is 11.4 Å². The van der Waals surface area contributed by atoms with Crippen molar-refractivity contribution in [3.8, 4) is 11.5 Å². The summed E-state index contributed by atoms with van der Waals surface area (Å²) in [6.07, 6.45) is 2.23. The molecule has 2 aromatic carbocycles. The van der Waals surface area contributed by atoms with Crippen molar-refractivity contribution < 1.29 is 9.53 Å². The number of pyridine rings is 1. The van der Waals surface area contributed by atoms with Crippen LogP contribution in [-0.2, 0) is 10.5 Å². The molecule has 0 spiro atoms. The molecule has 0 aliphatic carbocycles. The number of benzene rings is 2. The van der Waals surface area contributed by atoms with Crippen molar-refractivity contribution >= 4 is 23.4 Å². The number of thioether (sulfide) groups is 1. The van der Waals surface area contributed by atoms with Crippen LogP contribution < -0.4 is 10.1 Å². The maximum absolute atomic E-state index is 12.2. The van der Waals surface area contributed by atoms with Crippen molar-refractivity contribution in [1.29, 1.82) is 0 Å². The van der Waals surface area contributed by atoms with Gasteiger partial charge in [-0.25, -0.2) is 0 Å². The molecule has 0 radical (unpaired) electrons. The quantitative estimate of drug-likeness (QED) is 0.563. The number of aromatic nitrogens is 1. The molecule has 1 N–H and O–H groups in total. The Labute approximate surface area is 157 Å². The summed E-state index contributed by atoms with van der Waals surface area (Å²) in [5, 5.41) is 2.94. The van der Waals surface area contributed by atoms with Crippen LogP contribution in [0.1, 0.15) is 12.1 Å². The van der Waals surface area contributed by atoms with E-state index in [9.17, 15) is 4.79 Å². The van der Waals surface area contributed by atoms with Gasteiger partial charge in [-0.2, -0.15) is 11.8 Å². The molecule has 0 aliphatic rings. The van der Waals surface area contributed by atoms with Crippen molar-refractivity contribution in [1.82, 2.24) is 4.98 Å². The van der Waals surface area contributed by atoms with E-state index in [0.29, 0.717) is 17.9 Å². The molecule has 4 nitrogen and oxygen atoms in total. The van der Waals surface area contributed by atoms with E-state index in [2.05, 4.69) is 10.3 Å². The number of carbonyl (C=O) groups is 1. The second-order valence-electron chi connectivity index (χ2n) is 5.58. The zero-order valence-electron chi connectivity index (χ0n) is 14.3. The van der Waals surface area contributed by atoms with E-state index in [4.69, 9.17) is 4.74 Å². The lowest BCUT2D eigenvalue weighted by Gasteiger charge is -2.12. The van der Waals surface area contributed by atoms with Crippen LogP contribution in [0, 0.1) is 0 Å². The minimum absolute atomic E-state index is 0.0253. The third kappa shape index (κ3) is 5.63. The molecule has 0 unspecified atom stereocenters. The van der Waals surface area contributed by atoms with E-state index in [1.165, 1.54) is 0 Å². The minimum atomic E-state index is -0.0253. The van der Waals surface area contributed by atoms with Gasteiger partial charge >= 0.3 is 0 Å². The molecule has 3 rings (SSSR count). The number of para-hydroxylation sites is 3. The highest BCUT2D eigenvalue weighted by Gasteiger charge is 2.08. The van der Waals surface area contributed by atoms with Gasteiger partial charge in [0, 0.05) is 24.1 Å². The minimum Gasteiger partial charge on any atom is -0.455 e.